The van der Waals surface area contributed by atoms with Crippen LogP contribution in [0.4, 0.5) is 5.69 Å². The van der Waals surface area contributed by atoms with Gasteiger partial charge in [-0.15, -0.1) is 0 Å². The zero-order valence-corrected chi connectivity index (χ0v) is 17.0. The maximum absolute atomic E-state index is 12.5. The molecule has 0 aliphatic rings. The first-order valence-electron chi connectivity index (χ1n) is 8.96. The van der Waals surface area contributed by atoms with Crippen molar-refractivity contribution in [3.05, 3.63) is 88.4 Å². The molecule has 0 aliphatic heterocycles. The van der Waals surface area contributed by atoms with Crippen molar-refractivity contribution in [3.63, 3.8) is 0 Å². The van der Waals surface area contributed by atoms with E-state index in [4.69, 9.17) is 4.42 Å². The largest absolute Gasteiger partial charge is 0.455 e. The lowest BCUT2D eigenvalue weighted by Crippen LogP contribution is -2.11. The number of aryl methyl sites for hydroxylation is 3. The van der Waals surface area contributed by atoms with Gasteiger partial charge in [-0.3, -0.25) is 4.79 Å². The number of hydrogen-bond donors (Lipinski definition) is 1. The number of furan rings is 1. The molecule has 2 aromatic carbocycles. The molecule has 5 nitrogen and oxygen atoms in total. The van der Waals surface area contributed by atoms with Crippen molar-refractivity contribution in [1.29, 1.82) is 0 Å². The maximum atomic E-state index is 12.5. The molecule has 0 fully saturated rings. The highest BCUT2D eigenvalue weighted by Crippen LogP contribution is 2.19. The van der Waals surface area contributed by atoms with E-state index in [-0.39, 0.29) is 23.0 Å². The quantitative estimate of drug-likeness (QED) is 0.661. The molecule has 3 aromatic rings. The molecule has 0 saturated carbocycles. The van der Waals surface area contributed by atoms with Gasteiger partial charge in [-0.25, -0.2) is 8.42 Å². The first-order valence-corrected chi connectivity index (χ1v) is 10.8. The fourth-order valence-corrected chi connectivity index (χ4v) is 4.35. The average Bonchev–Trinajstić information content (AvgIpc) is 3.08. The van der Waals surface area contributed by atoms with E-state index >= 15 is 0 Å². The number of rotatable bonds is 6. The SMILES string of the molecule is Cc1ccc(NC(=O)c2ccc(CS(=O)(=O)Cc3ccccc3C)o2)cc1C. The molecule has 0 bridgehead atoms. The first kappa shape index (κ1) is 19.9. The van der Waals surface area contributed by atoms with Gasteiger partial charge in [0.05, 0.1) is 5.75 Å². The van der Waals surface area contributed by atoms with Crippen LogP contribution in [0.5, 0.6) is 0 Å². The molecule has 0 atom stereocenters. The van der Waals surface area contributed by atoms with Crippen molar-refractivity contribution >= 4 is 21.4 Å². The highest BCUT2D eigenvalue weighted by Gasteiger charge is 2.19. The number of carbonyl (C=O) groups excluding carboxylic acids is 1. The molecule has 1 amide bonds. The predicted molar refractivity (Wildman–Crippen MR) is 110 cm³/mol. The zero-order chi connectivity index (χ0) is 20.3. The molecule has 0 aliphatic carbocycles. The van der Waals surface area contributed by atoms with E-state index in [1.165, 1.54) is 12.1 Å². The summed E-state index contributed by atoms with van der Waals surface area (Å²) in [7, 11) is -3.42. The molecule has 1 N–H and O–H groups in total. The molecular formula is C22H23NO4S. The minimum atomic E-state index is -3.42. The van der Waals surface area contributed by atoms with Crippen LogP contribution in [0.1, 0.15) is 38.6 Å². The van der Waals surface area contributed by atoms with Gasteiger partial charge < -0.3 is 9.73 Å². The lowest BCUT2D eigenvalue weighted by molar-refractivity contribution is 0.0995. The summed E-state index contributed by atoms with van der Waals surface area (Å²) in [5, 5.41) is 2.77. The molecule has 0 radical (unpaired) electrons. The fraction of sp³-hybridized carbons (Fsp3) is 0.227. The molecule has 1 aromatic heterocycles. The standard InChI is InChI=1S/C22H23NO4S/c1-15-8-9-19(12-17(15)3)23-22(24)21-11-10-20(27-21)14-28(25,26)13-18-7-5-4-6-16(18)2/h4-12H,13-14H2,1-3H3,(H,23,24). The minimum absolute atomic E-state index is 0.0649. The van der Waals surface area contributed by atoms with E-state index in [9.17, 15) is 13.2 Å². The number of anilines is 1. The first-order chi connectivity index (χ1) is 13.2. The van der Waals surface area contributed by atoms with E-state index in [2.05, 4.69) is 5.32 Å². The molecule has 0 spiro atoms. The summed E-state index contributed by atoms with van der Waals surface area (Å²) >= 11 is 0. The third-order valence-corrected chi connectivity index (χ3v) is 6.12. The van der Waals surface area contributed by atoms with Gasteiger partial charge in [0, 0.05) is 5.69 Å². The second-order valence-corrected chi connectivity index (χ2v) is 9.04. The number of sulfone groups is 1. The van der Waals surface area contributed by atoms with Gasteiger partial charge in [-0.05, 0) is 67.3 Å². The molecular weight excluding hydrogens is 374 g/mol. The number of carbonyl (C=O) groups is 1. The molecule has 0 saturated heterocycles. The van der Waals surface area contributed by atoms with Gasteiger partial charge in [0.25, 0.3) is 5.91 Å². The van der Waals surface area contributed by atoms with Crippen LogP contribution < -0.4 is 5.32 Å². The van der Waals surface area contributed by atoms with Gasteiger partial charge in [0.1, 0.15) is 11.5 Å². The summed E-state index contributed by atoms with van der Waals surface area (Å²) in [6.07, 6.45) is 0. The smallest absolute Gasteiger partial charge is 0.291 e. The summed E-state index contributed by atoms with van der Waals surface area (Å²) in [4.78, 5) is 12.4. The van der Waals surface area contributed by atoms with Crippen LogP contribution in [-0.4, -0.2) is 14.3 Å². The van der Waals surface area contributed by atoms with Crippen LogP contribution in [0.25, 0.3) is 0 Å². The van der Waals surface area contributed by atoms with Crippen LogP contribution >= 0.6 is 0 Å². The fourth-order valence-electron chi connectivity index (χ4n) is 2.87. The van der Waals surface area contributed by atoms with E-state index in [1.807, 2.05) is 57.2 Å². The molecule has 6 heteroatoms. The van der Waals surface area contributed by atoms with Crippen molar-refractivity contribution in [2.45, 2.75) is 32.3 Å². The van der Waals surface area contributed by atoms with Gasteiger partial charge >= 0.3 is 0 Å². The van der Waals surface area contributed by atoms with Crippen LogP contribution in [-0.2, 0) is 21.3 Å². The average molecular weight is 397 g/mol. The Balaban J connectivity index is 1.68. The van der Waals surface area contributed by atoms with Crippen LogP contribution in [0.3, 0.4) is 0 Å². The molecule has 0 unspecified atom stereocenters. The predicted octanol–water partition coefficient (Wildman–Crippen LogP) is 4.57. The molecule has 1 heterocycles. The Morgan fingerprint density at radius 1 is 0.893 bits per heavy atom. The molecule has 28 heavy (non-hydrogen) atoms. The Hall–Kier alpha value is -2.86. The molecule has 146 valence electrons. The summed E-state index contributed by atoms with van der Waals surface area (Å²) in [5.41, 5.74) is 4.57. The maximum Gasteiger partial charge on any atom is 0.291 e. The Bertz CT molecular complexity index is 1110. The van der Waals surface area contributed by atoms with Crippen LogP contribution in [0.15, 0.2) is 59.0 Å². The Morgan fingerprint density at radius 2 is 1.64 bits per heavy atom. The molecule has 3 rings (SSSR count). The highest BCUT2D eigenvalue weighted by molar-refractivity contribution is 7.89. The van der Waals surface area contributed by atoms with Gasteiger partial charge in [0.15, 0.2) is 15.6 Å². The Morgan fingerprint density at radius 3 is 2.36 bits per heavy atom. The van der Waals surface area contributed by atoms with Crippen LogP contribution in [0.2, 0.25) is 0 Å². The Kier molecular flexibility index (Phi) is 5.70. The number of nitrogens with one attached hydrogen (secondary N) is 1. The normalized spacial score (nSPS) is 11.4. The van der Waals surface area contributed by atoms with Crippen molar-refractivity contribution in [3.8, 4) is 0 Å². The summed E-state index contributed by atoms with van der Waals surface area (Å²) in [5.74, 6) is -0.396. The summed E-state index contributed by atoms with van der Waals surface area (Å²) < 4.78 is 30.5. The van der Waals surface area contributed by atoms with Crippen LogP contribution in [0, 0.1) is 20.8 Å². The minimum Gasteiger partial charge on any atom is -0.455 e. The second kappa shape index (κ2) is 8.02. The van der Waals surface area contributed by atoms with E-state index in [1.54, 1.807) is 6.07 Å². The van der Waals surface area contributed by atoms with Crippen molar-refractivity contribution in [2.75, 3.05) is 5.32 Å². The third kappa shape index (κ3) is 4.89. The monoisotopic (exact) mass is 397 g/mol. The van der Waals surface area contributed by atoms with Gasteiger partial charge in [-0.2, -0.15) is 0 Å². The lowest BCUT2D eigenvalue weighted by atomic mass is 10.1. The Labute approximate surface area is 165 Å². The van der Waals surface area contributed by atoms with E-state index in [0.29, 0.717) is 5.69 Å². The van der Waals surface area contributed by atoms with E-state index < -0.39 is 15.7 Å². The topological polar surface area (TPSA) is 76.4 Å². The number of amides is 1. The number of benzene rings is 2. The van der Waals surface area contributed by atoms with Crippen molar-refractivity contribution < 1.29 is 17.6 Å². The third-order valence-electron chi connectivity index (χ3n) is 4.65. The van der Waals surface area contributed by atoms with Gasteiger partial charge in [-0.1, -0.05) is 30.3 Å². The number of hydrogen-bond acceptors (Lipinski definition) is 4. The van der Waals surface area contributed by atoms with Gasteiger partial charge in [0.2, 0.25) is 0 Å². The van der Waals surface area contributed by atoms with E-state index in [0.717, 1.165) is 22.3 Å². The van der Waals surface area contributed by atoms with Crippen molar-refractivity contribution in [1.82, 2.24) is 0 Å². The summed E-state index contributed by atoms with van der Waals surface area (Å²) in [6, 6.07) is 16.0. The lowest BCUT2D eigenvalue weighted by Gasteiger charge is -2.07. The van der Waals surface area contributed by atoms with Crippen molar-refractivity contribution in [2.24, 2.45) is 0 Å². The highest BCUT2D eigenvalue weighted by atomic mass is 32.2. The second-order valence-electron chi connectivity index (χ2n) is 6.98. The summed E-state index contributed by atoms with van der Waals surface area (Å²) in [6.45, 7) is 5.85. The zero-order valence-electron chi connectivity index (χ0n) is 16.2.